The zero-order chi connectivity index (χ0) is 16.8. The number of benzene rings is 2. The SMILES string of the molecule is O=C(Cc1cccc(F)c1)CC(Cc1cccc(F)c1)C(=O)O. The number of carboxylic acid groups (broad SMARTS) is 1. The van der Waals surface area contributed by atoms with Crippen LogP contribution in [0.15, 0.2) is 48.5 Å². The highest BCUT2D eigenvalue weighted by Gasteiger charge is 2.22. The molecule has 0 saturated heterocycles. The van der Waals surface area contributed by atoms with E-state index in [9.17, 15) is 23.5 Å². The van der Waals surface area contributed by atoms with Gasteiger partial charge in [0.25, 0.3) is 0 Å². The highest BCUT2D eigenvalue weighted by molar-refractivity contribution is 5.85. The summed E-state index contributed by atoms with van der Waals surface area (Å²) in [5, 5.41) is 9.26. The van der Waals surface area contributed by atoms with Crippen LogP contribution in [0.5, 0.6) is 0 Å². The summed E-state index contributed by atoms with van der Waals surface area (Å²) in [6.07, 6.45) is -0.130. The number of carbonyl (C=O) groups excluding carboxylic acids is 1. The van der Waals surface area contributed by atoms with Crippen molar-refractivity contribution in [2.24, 2.45) is 5.92 Å². The lowest BCUT2D eigenvalue weighted by atomic mass is 9.92. The van der Waals surface area contributed by atoms with Gasteiger partial charge in [-0.2, -0.15) is 0 Å². The highest BCUT2D eigenvalue weighted by Crippen LogP contribution is 2.16. The summed E-state index contributed by atoms with van der Waals surface area (Å²) in [6.45, 7) is 0. The number of rotatable bonds is 7. The van der Waals surface area contributed by atoms with E-state index in [0.717, 1.165) is 0 Å². The Morgan fingerprint density at radius 3 is 2.09 bits per heavy atom. The first-order chi connectivity index (χ1) is 10.9. The normalized spacial score (nSPS) is 11.9. The summed E-state index contributed by atoms with van der Waals surface area (Å²) in [6, 6.07) is 11.3. The van der Waals surface area contributed by atoms with Gasteiger partial charge in [-0.05, 0) is 41.8 Å². The number of carbonyl (C=O) groups is 2. The van der Waals surface area contributed by atoms with E-state index < -0.39 is 23.5 Å². The van der Waals surface area contributed by atoms with Crippen molar-refractivity contribution < 1.29 is 23.5 Å². The Hall–Kier alpha value is -2.56. The highest BCUT2D eigenvalue weighted by atomic mass is 19.1. The number of hydrogen-bond donors (Lipinski definition) is 1. The van der Waals surface area contributed by atoms with Crippen molar-refractivity contribution in [3.05, 3.63) is 71.3 Å². The van der Waals surface area contributed by atoms with Crippen LogP contribution in [0.3, 0.4) is 0 Å². The van der Waals surface area contributed by atoms with Crippen LogP contribution >= 0.6 is 0 Å². The molecule has 3 nitrogen and oxygen atoms in total. The van der Waals surface area contributed by atoms with Crippen molar-refractivity contribution in [3.8, 4) is 0 Å². The lowest BCUT2D eigenvalue weighted by Crippen LogP contribution is -2.21. The van der Waals surface area contributed by atoms with Gasteiger partial charge in [0.05, 0.1) is 5.92 Å². The molecule has 1 N–H and O–H groups in total. The molecule has 2 aromatic rings. The van der Waals surface area contributed by atoms with E-state index in [1.807, 2.05) is 0 Å². The van der Waals surface area contributed by atoms with E-state index in [1.54, 1.807) is 12.1 Å². The molecule has 0 aliphatic rings. The van der Waals surface area contributed by atoms with Crippen molar-refractivity contribution in [1.29, 1.82) is 0 Å². The lowest BCUT2D eigenvalue weighted by Gasteiger charge is -2.12. The zero-order valence-corrected chi connectivity index (χ0v) is 12.3. The first-order valence-corrected chi connectivity index (χ1v) is 7.17. The largest absolute Gasteiger partial charge is 0.481 e. The third kappa shape index (κ3) is 5.29. The second kappa shape index (κ2) is 7.63. The molecular weight excluding hydrogens is 302 g/mol. The van der Waals surface area contributed by atoms with E-state index in [-0.39, 0.29) is 25.0 Å². The Labute approximate surface area is 132 Å². The Kier molecular flexibility index (Phi) is 5.57. The molecule has 0 saturated carbocycles. The number of ketones is 1. The van der Waals surface area contributed by atoms with Crippen molar-refractivity contribution >= 4 is 11.8 Å². The average Bonchev–Trinajstić information content (AvgIpc) is 2.46. The van der Waals surface area contributed by atoms with Crippen LogP contribution in [0.4, 0.5) is 8.78 Å². The number of hydrogen-bond acceptors (Lipinski definition) is 2. The molecule has 0 radical (unpaired) electrons. The fourth-order valence-electron chi connectivity index (χ4n) is 2.42. The maximum absolute atomic E-state index is 13.2. The average molecular weight is 318 g/mol. The molecule has 2 aromatic carbocycles. The van der Waals surface area contributed by atoms with Gasteiger partial charge in [0.15, 0.2) is 0 Å². The van der Waals surface area contributed by atoms with Gasteiger partial charge in [-0.1, -0.05) is 24.3 Å². The van der Waals surface area contributed by atoms with Crippen molar-refractivity contribution in [2.45, 2.75) is 19.3 Å². The summed E-state index contributed by atoms with van der Waals surface area (Å²) in [7, 11) is 0. The molecule has 5 heteroatoms. The molecule has 0 spiro atoms. The molecular formula is C18H16F2O3. The number of carboxylic acids is 1. The van der Waals surface area contributed by atoms with Gasteiger partial charge in [-0.3, -0.25) is 9.59 Å². The molecule has 0 aliphatic heterocycles. The van der Waals surface area contributed by atoms with Crippen LogP contribution in [-0.4, -0.2) is 16.9 Å². The summed E-state index contributed by atoms with van der Waals surface area (Å²) >= 11 is 0. The molecule has 0 aliphatic carbocycles. The predicted octanol–water partition coefficient (Wildman–Crippen LogP) is 3.41. The van der Waals surface area contributed by atoms with Crippen LogP contribution < -0.4 is 0 Å². The van der Waals surface area contributed by atoms with Gasteiger partial charge in [0.2, 0.25) is 0 Å². The molecule has 0 heterocycles. The smallest absolute Gasteiger partial charge is 0.307 e. The summed E-state index contributed by atoms with van der Waals surface area (Å²) in [5.41, 5.74) is 1.03. The molecule has 1 atom stereocenters. The van der Waals surface area contributed by atoms with Crippen molar-refractivity contribution in [3.63, 3.8) is 0 Å². The van der Waals surface area contributed by atoms with Crippen LogP contribution in [-0.2, 0) is 22.4 Å². The fraction of sp³-hybridized carbons (Fsp3) is 0.222. The van der Waals surface area contributed by atoms with E-state index in [1.165, 1.54) is 36.4 Å². The maximum atomic E-state index is 13.2. The van der Waals surface area contributed by atoms with Gasteiger partial charge >= 0.3 is 5.97 Å². The van der Waals surface area contributed by atoms with Crippen LogP contribution in [0.25, 0.3) is 0 Å². The van der Waals surface area contributed by atoms with E-state index >= 15 is 0 Å². The molecule has 0 amide bonds. The Balaban J connectivity index is 2.01. The molecule has 2 rings (SSSR count). The summed E-state index contributed by atoms with van der Waals surface area (Å²) in [4.78, 5) is 23.4. The standard InChI is InChI=1S/C18H16F2O3/c19-15-5-1-3-12(8-15)7-14(18(22)23)11-17(21)10-13-4-2-6-16(20)9-13/h1-6,8-9,14H,7,10-11H2,(H,22,23). The molecule has 0 aromatic heterocycles. The Morgan fingerprint density at radius 1 is 0.957 bits per heavy atom. The molecule has 23 heavy (non-hydrogen) atoms. The number of Topliss-reactive ketones (excluding diaryl/α,β-unsaturated/α-hetero) is 1. The van der Waals surface area contributed by atoms with Crippen LogP contribution in [0, 0.1) is 17.6 Å². The zero-order valence-electron chi connectivity index (χ0n) is 12.3. The van der Waals surface area contributed by atoms with Crippen LogP contribution in [0.1, 0.15) is 17.5 Å². The van der Waals surface area contributed by atoms with Gasteiger partial charge in [-0.15, -0.1) is 0 Å². The Bertz CT molecular complexity index is 713. The lowest BCUT2D eigenvalue weighted by molar-refractivity contribution is -0.143. The van der Waals surface area contributed by atoms with Gasteiger partial charge in [0, 0.05) is 12.8 Å². The quantitative estimate of drug-likeness (QED) is 0.851. The summed E-state index contributed by atoms with van der Waals surface area (Å²) < 4.78 is 26.2. The minimum atomic E-state index is -1.11. The van der Waals surface area contributed by atoms with Gasteiger partial charge in [0.1, 0.15) is 17.4 Å². The minimum absolute atomic E-state index is 0.0231. The molecule has 1 unspecified atom stereocenters. The van der Waals surface area contributed by atoms with E-state index in [4.69, 9.17) is 0 Å². The van der Waals surface area contributed by atoms with Gasteiger partial charge < -0.3 is 5.11 Å². The first-order valence-electron chi connectivity index (χ1n) is 7.17. The van der Waals surface area contributed by atoms with Gasteiger partial charge in [-0.25, -0.2) is 8.78 Å². The van der Waals surface area contributed by atoms with E-state index in [2.05, 4.69) is 0 Å². The van der Waals surface area contributed by atoms with Crippen molar-refractivity contribution in [2.75, 3.05) is 0 Å². The number of halogens is 2. The number of aliphatic carboxylic acids is 1. The first kappa shape index (κ1) is 16.8. The second-order valence-corrected chi connectivity index (χ2v) is 5.42. The minimum Gasteiger partial charge on any atom is -0.481 e. The molecule has 0 bridgehead atoms. The van der Waals surface area contributed by atoms with Crippen molar-refractivity contribution in [1.82, 2.24) is 0 Å². The van der Waals surface area contributed by atoms with E-state index in [0.29, 0.717) is 11.1 Å². The third-order valence-corrected chi connectivity index (χ3v) is 3.48. The fourth-order valence-corrected chi connectivity index (χ4v) is 2.42. The summed E-state index contributed by atoms with van der Waals surface area (Å²) in [5.74, 6) is -3.22. The maximum Gasteiger partial charge on any atom is 0.307 e. The van der Waals surface area contributed by atoms with Crippen LogP contribution in [0.2, 0.25) is 0 Å². The molecule has 120 valence electrons. The monoisotopic (exact) mass is 318 g/mol. The topological polar surface area (TPSA) is 54.4 Å². The Morgan fingerprint density at radius 2 is 1.52 bits per heavy atom. The second-order valence-electron chi connectivity index (χ2n) is 5.42. The predicted molar refractivity (Wildman–Crippen MR) is 81.0 cm³/mol. The third-order valence-electron chi connectivity index (χ3n) is 3.48. The molecule has 0 fully saturated rings.